The summed E-state index contributed by atoms with van der Waals surface area (Å²) in [6.07, 6.45) is 2.37. The van der Waals surface area contributed by atoms with E-state index in [2.05, 4.69) is 0 Å². The molecule has 4 heteroatoms. The minimum Gasteiger partial charge on any atom is -0.443 e. The van der Waals surface area contributed by atoms with Crippen molar-refractivity contribution in [3.63, 3.8) is 0 Å². The van der Waals surface area contributed by atoms with Gasteiger partial charge in [0, 0.05) is 0 Å². The second-order valence-corrected chi connectivity index (χ2v) is 6.60. The van der Waals surface area contributed by atoms with Gasteiger partial charge in [0.05, 0.1) is 11.7 Å². The summed E-state index contributed by atoms with van der Waals surface area (Å²) in [5.74, 6) is 0.245. The molecule has 1 amide bonds. The number of para-hydroxylation sites is 1. The maximum absolute atomic E-state index is 12.6. The molecule has 0 heterocycles. The lowest BCUT2D eigenvalue weighted by atomic mass is 10.1. The Kier molecular flexibility index (Phi) is 4.35. The quantitative estimate of drug-likeness (QED) is 0.794. The fraction of sp³-hybridized carbons (Fsp3) is 0.529. The molecule has 21 heavy (non-hydrogen) atoms. The summed E-state index contributed by atoms with van der Waals surface area (Å²) >= 11 is 0. The minimum atomic E-state index is -0.588. The van der Waals surface area contributed by atoms with Crippen LogP contribution >= 0.6 is 0 Å². The molecule has 1 aliphatic rings. The highest BCUT2D eigenvalue weighted by molar-refractivity contribution is 5.93. The third-order valence-corrected chi connectivity index (χ3v) is 3.51. The van der Waals surface area contributed by atoms with Crippen LogP contribution in [-0.2, 0) is 9.53 Å². The lowest BCUT2D eigenvalue weighted by Gasteiger charge is -2.32. The van der Waals surface area contributed by atoms with Crippen LogP contribution in [0.15, 0.2) is 24.3 Å². The molecule has 1 aromatic rings. The first-order valence-electron chi connectivity index (χ1n) is 7.36. The van der Waals surface area contributed by atoms with Gasteiger partial charge in [0.25, 0.3) is 0 Å². The van der Waals surface area contributed by atoms with Gasteiger partial charge in [-0.15, -0.1) is 0 Å². The van der Waals surface area contributed by atoms with Gasteiger partial charge in [-0.2, -0.15) is 0 Å². The number of ether oxygens (including phenoxy) is 1. The summed E-state index contributed by atoms with van der Waals surface area (Å²) in [7, 11) is 0. The van der Waals surface area contributed by atoms with E-state index in [0.29, 0.717) is 0 Å². The second kappa shape index (κ2) is 5.88. The lowest BCUT2D eigenvalue weighted by molar-refractivity contribution is -0.109. The van der Waals surface area contributed by atoms with Gasteiger partial charge in [-0.25, -0.2) is 4.79 Å². The number of carbonyl (C=O) groups excluding carboxylic acids is 2. The van der Waals surface area contributed by atoms with Gasteiger partial charge in [-0.05, 0) is 58.1 Å². The largest absolute Gasteiger partial charge is 0.443 e. The van der Waals surface area contributed by atoms with Gasteiger partial charge >= 0.3 is 6.09 Å². The van der Waals surface area contributed by atoms with Crippen LogP contribution in [0.2, 0.25) is 0 Å². The van der Waals surface area contributed by atoms with Crippen molar-refractivity contribution in [2.75, 3.05) is 4.90 Å². The number of anilines is 1. The monoisotopic (exact) mass is 289 g/mol. The Labute approximate surface area is 126 Å². The average Bonchev–Trinajstić information content (AvgIpc) is 3.19. The Morgan fingerprint density at radius 3 is 2.43 bits per heavy atom. The Balaban J connectivity index is 2.36. The number of hydrogen-bond donors (Lipinski definition) is 0. The molecule has 2 rings (SSSR count). The zero-order valence-electron chi connectivity index (χ0n) is 13.1. The third kappa shape index (κ3) is 3.84. The summed E-state index contributed by atoms with van der Waals surface area (Å²) in [6, 6.07) is 7.13. The molecule has 1 unspecified atom stereocenters. The number of hydrogen-bond acceptors (Lipinski definition) is 3. The molecule has 1 aliphatic carbocycles. The summed E-state index contributed by atoms with van der Waals surface area (Å²) in [6.45, 7) is 7.41. The van der Waals surface area contributed by atoms with E-state index in [4.69, 9.17) is 4.74 Å². The zero-order valence-corrected chi connectivity index (χ0v) is 13.1. The van der Waals surface area contributed by atoms with E-state index in [9.17, 15) is 9.59 Å². The summed E-state index contributed by atoms with van der Waals surface area (Å²) < 4.78 is 5.50. The molecule has 0 radical (unpaired) electrons. The van der Waals surface area contributed by atoms with E-state index < -0.39 is 17.7 Å². The molecule has 4 nitrogen and oxygen atoms in total. The van der Waals surface area contributed by atoms with Crippen molar-refractivity contribution in [3.8, 4) is 0 Å². The van der Waals surface area contributed by atoms with Crippen LogP contribution in [0.4, 0.5) is 10.5 Å². The first-order chi connectivity index (χ1) is 9.83. The maximum atomic E-state index is 12.6. The van der Waals surface area contributed by atoms with E-state index >= 15 is 0 Å². The van der Waals surface area contributed by atoms with Crippen LogP contribution in [0, 0.1) is 12.8 Å². The Morgan fingerprint density at radius 2 is 1.95 bits per heavy atom. The molecule has 1 aromatic carbocycles. The molecule has 1 fully saturated rings. The molecule has 114 valence electrons. The number of nitrogens with zero attached hydrogens (tertiary/aromatic N) is 1. The van der Waals surface area contributed by atoms with Crippen molar-refractivity contribution < 1.29 is 14.3 Å². The van der Waals surface area contributed by atoms with E-state index in [1.54, 1.807) is 0 Å². The van der Waals surface area contributed by atoms with Crippen LogP contribution in [0.5, 0.6) is 0 Å². The van der Waals surface area contributed by atoms with Crippen molar-refractivity contribution >= 4 is 18.1 Å². The second-order valence-electron chi connectivity index (χ2n) is 6.60. The molecule has 0 bridgehead atoms. The van der Waals surface area contributed by atoms with E-state index in [-0.39, 0.29) is 5.92 Å². The number of carbonyl (C=O) groups is 2. The van der Waals surface area contributed by atoms with Gasteiger partial charge < -0.3 is 9.53 Å². The van der Waals surface area contributed by atoms with Crippen LogP contribution in [0.1, 0.15) is 39.2 Å². The van der Waals surface area contributed by atoms with Gasteiger partial charge in [-0.1, -0.05) is 18.2 Å². The van der Waals surface area contributed by atoms with E-state index in [0.717, 1.165) is 30.4 Å². The van der Waals surface area contributed by atoms with E-state index in [1.807, 2.05) is 52.0 Å². The lowest BCUT2D eigenvalue weighted by Crippen LogP contribution is -2.46. The number of aldehydes is 1. The summed E-state index contributed by atoms with van der Waals surface area (Å²) in [5.41, 5.74) is 1.11. The van der Waals surface area contributed by atoms with E-state index in [1.165, 1.54) is 4.90 Å². The van der Waals surface area contributed by atoms with Gasteiger partial charge in [0.15, 0.2) is 0 Å². The third-order valence-electron chi connectivity index (χ3n) is 3.51. The van der Waals surface area contributed by atoms with Gasteiger partial charge in [-0.3, -0.25) is 4.90 Å². The van der Waals surface area contributed by atoms with Crippen molar-refractivity contribution in [1.82, 2.24) is 0 Å². The molecule has 0 aromatic heterocycles. The summed E-state index contributed by atoms with van der Waals surface area (Å²) in [5, 5.41) is 0. The maximum Gasteiger partial charge on any atom is 0.415 e. The number of benzene rings is 1. The average molecular weight is 289 g/mol. The number of aryl methyl sites for hydroxylation is 1. The van der Waals surface area contributed by atoms with Gasteiger partial charge in [0.2, 0.25) is 0 Å². The summed E-state index contributed by atoms with van der Waals surface area (Å²) in [4.78, 5) is 25.6. The van der Waals surface area contributed by atoms with Crippen LogP contribution in [0.25, 0.3) is 0 Å². The topological polar surface area (TPSA) is 46.6 Å². The van der Waals surface area contributed by atoms with Crippen molar-refractivity contribution in [2.24, 2.45) is 5.92 Å². The molecule has 0 N–H and O–H groups in total. The molecule has 1 atom stereocenters. The van der Waals surface area contributed by atoms with Crippen molar-refractivity contribution in [2.45, 2.75) is 52.2 Å². The SMILES string of the molecule is Cc1ccccc1N(C(=O)OC(C)(C)C)C(C=O)C1CC1. The molecule has 0 aliphatic heterocycles. The van der Waals surface area contributed by atoms with Crippen LogP contribution in [-0.4, -0.2) is 24.0 Å². The molecular formula is C17H23NO3. The fourth-order valence-corrected chi connectivity index (χ4v) is 2.35. The Hall–Kier alpha value is -1.84. The number of amides is 1. The normalized spacial score (nSPS) is 16.2. The molecule has 0 spiro atoms. The Morgan fingerprint density at radius 1 is 1.33 bits per heavy atom. The van der Waals surface area contributed by atoms with Crippen molar-refractivity contribution in [1.29, 1.82) is 0 Å². The smallest absolute Gasteiger partial charge is 0.415 e. The molecule has 1 saturated carbocycles. The first kappa shape index (κ1) is 15.5. The minimum absolute atomic E-state index is 0.245. The highest BCUT2D eigenvalue weighted by Gasteiger charge is 2.40. The standard InChI is InChI=1S/C17H23NO3/c1-12-7-5-6-8-14(12)18(15(11-19)13-9-10-13)16(20)21-17(2,3)4/h5-8,11,13,15H,9-10H2,1-4H3. The first-order valence-corrected chi connectivity index (χ1v) is 7.36. The van der Waals surface area contributed by atoms with Crippen LogP contribution < -0.4 is 4.90 Å². The van der Waals surface area contributed by atoms with Crippen LogP contribution in [0.3, 0.4) is 0 Å². The molecule has 0 saturated heterocycles. The fourth-order valence-electron chi connectivity index (χ4n) is 2.35. The highest BCUT2D eigenvalue weighted by atomic mass is 16.6. The molecular weight excluding hydrogens is 266 g/mol. The number of rotatable bonds is 4. The van der Waals surface area contributed by atoms with Crippen molar-refractivity contribution in [3.05, 3.63) is 29.8 Å². The predicted molar refractivity (Wildman–Crippen MR) is 82.5 cm³/mol. The Bertz CT molecular complexity index is 529. The highest BCUT2D eigenvalue weighted by Crippen LogP contribution is 2.37. The predicted octanol–water partition coefficient (Wildman–Crippen LogP) is 3.71. The van der Waals surface area contributed by atoms with Gasteiger partial charge in [0.1, 0.15) is 11.9 Å². The zero-order chi connectivity index (χ0) is 15.6.